The summed E-state index contributed by atoms with van der Waals surface area (Å²) >= 11 is 0. The predicted molar refractivity (Wildman–Crippen MR) is 87.8 cm³/mol. The average Bonchev–Trinajstić information content (AvgIpc) is 3.29. The number of carbonyl (C=O) groups excluding carboxylic acids is 1. The molecule has 1 saturated heterocycles. The number of hydrogen-bond acceptors (Lipinski definition) is 7. The smallest absolute Gasteiger partial charge is 0.250 e. The Balaban J connectivity index is 1.87. The molecule has 1 amide bonds. The number of benzene rings is 1. The van der Waals surface area contributed by atoms with Crippen LogP contribution in [0.4, 0.5) is 11.4 Å². The maximum absolute atomic E-state index is 11.7. The molecule has 4 N–H and O–H groups in total. The number of nitrogens with one attached hydrogen (secondary N) is 2. The maximum Gasteiger partial charge on any atom is 0.250 e. The molecule has 1 aromatic heterocycles. The van der Waals surface area contributed by atoms with E-state index >= 15 is 0 Å². The molecule has 0 atom stereocenters. The summed E-state index contributed by atoms with van der Waals surface area (Å²) in [6, 6.07) is 7.28. The molecule has 9 nitrogen and oxygen atoms in total. The number of carbonyl (C=O) groups is 1. The Bertz CT molecular complexity index is 799. The lowest BCUT2D eigenvalue weighted by Crippen LogP contribution is -2.23. The second-order valence-electron chi connectivity index (χ2n) is 5.34. The van der Waals surface area contributed by atoms with Crippen LogP contribution in [0.5, 0.6) is 0 Å². The van der Waals surface area contributed by atoms with Crippen LogP contribution in [0.25, 0.3) is 5.57 Å². The first-order valence-electron chi connectivity index (χ1n) is 7.48. The van der Waals surface area contributed by atoms with Crippen LogP contribution in [-0.4, -0.2) is 39.6 Å². The number of hydrogen-bond donors (Lipinski definition) is 3. The molecule has 122 valence electrons. The quantitative estimate of drug-likeness (QED) is 0.694. The van der Waals surface area contributed by atoms with Crippen LogP contribution in [0.2, 0.25) is 0 Å². The fourth-order valence-corrected chi connectivity index (χ4v) is 2.63. The van der Waals surface area contributed by atoms with Crippen molar-refractivity contribution in [3.63, 3.8) is 0 Å². The lowest BCUT2D eigenvalue weighted by molar-refractivity contribution is 0.100. The molecule has 0 bridgehead atoms. The van der Waals surface area contributed by atoms with Gasteiger partial charge in [0.05, 0.1) is 11.3 Å². The van der Waals surface area contributed by atoms with E-state index in [1.165, 1.54) is 6.20 Å². The molecular formula is C15H16N8O. The Morgan fingerprint density at radius 2 is 2.21 bits per heavy atom. The van der Waals surface area contributed by atoms with Crippen LogP contribution in [0, 0.1) is 11.3 Å². The number of tetrazole rings is 1. The number of amides is 1. The number of primary amides is 1. The highest BCUT2D eigenvalue weighted by Gasteiger charge is 2.18. The molecule has 1 aliphatic heterocycles. The molecule has 1 aromatic carbocycles. The lowest BCUT2D eigenvalue weighted by atomic mass is 10.1. The number of nitrogens with two attached hydrogens (primary N) is 1. The lowest BCUT2D eigenvalue weighted by Gasteiger charge is -2.21. The van der Waals surface area contributed by atoms with Crippen LogP contribution in [0.15, 0.2) is 24.4 Å². The first-order chi connectivity index (χ1) is 11.7. The molecule has 9 heteroatoms. The zero-order chi connectivity index (χ0) is 16.9. The van der Waals surface area contributed by atoms with Gasteiger partial charge in [0.15, 0.2) is 0 Å². The Morgan fingerprint density at radius 1 is 1.42 bits per heavy atom. The minimum atomic E-state index is -0.455. The monoisotopic (exact) mass is 324 g/mol. The fraction of sp³-hybridized carbons (Fsp3) is 0.267. The van der Waals surface area contributed by atoms with Gasteiger partial charge in [-0.05, 0) is 36.3 Å². The summed E-state index contributed by atoms with van der Waals surface area (Å²) in [6.45, 7) is 1.79. The number of nitrogens with zero attached hydrogens (tertiary/aromatic N) is 5. The number of aromatic amines is 1. The van der Waals surface area contributed by atoms with Crippen LogP contribution in [-0.2, 0) is 0 Å². The number of aromatic nitrogens is 4. The van der Waals surface area contributed by atoms with Crippen molar-refractivity contribution in [2.45, 2.75) is 12.8 Å². The van der Waals surface area contributed by atoms with Crippen molar-refractivity contribution in [2.24, 2.45) is 5.73 Å². The van der Waals surface area contributed by atoms with E-state index in [9.17, 15) is 10.1 Å². The molecule has 0 saturated carbocycles. The maximum atomic E-state index is 11.7. The molecule has 2 aromatic rings. The molecule has 0 radical (unpaired) electrons. The molecule has 1 aliphatic rings. The minimum Gasteiger partial charge on any atom is -0.371 e. The Labute approximate surface area is 138 Å². The van der Waals surface area contributed by atoms with E-state index in [0.717, 1.165) is 37.3 Å². The van der Waals surface area contributed by atoms with Crippen molar-refractivity contribution < 1.29 is 4.79 Å². The highest BCUT2D eigenvalue weighted by atomic mass is 16.1. The number of anilines is 2. The normalized spacial score (nSPS) is 14.5. The zero-order valence-corrected chi connectivity index (χ0v) is 12.9. The average molecular weight is 324 g/mol. The van der Waals surface area contributed by atoms with Crippen molar-refractivity contribution in [3.8, 4) is 6.07 Å². The van der Waals surface area contributed by atoms with Gasteiger partial charge in [-0.2, -0.15) is 10.5 Å². The summed E-state index contributed by atoms with van der Waals surface area (Å²) in [5.74, 6) is -0.248. The third kappa shape index (κ3) is 3.17. The summed E-state index contributed by atoms with van der Waals surface area (Å²) in [6.07, 6.45) is 3.68. The fourth-order valence-electron chi connectivity index (χ4n) is 2.63. The molecule has 1 fully saturated rings. The highest BCUT2D eigenvalue weighted by molar-refractivity contribution is 5.99. The molecular weight excluding hydrogens is 308 g/mol. The molecule has 0 aliphatic carbocycles. The molecule has 24 heavy (non-hydrogen) atoms. The van der Waals surface area contributed by atoms with Gasteiger partial charge in [-0.3, -0.25) is 4.79 Å². The van der Waals surface area contributed by atoms with Crippen molar-refractivity contribution in [1.29, 1.82) is 5.26 Å². The zero-order valence-electron chi connectivity index (χ0n) is 12.9. The van der Waals surface area contributed by atoms with E-state index in [4.69, 9.17) is 5.73 Å². The summed E-state index contributed by atoms with van der Waals surface area (Å²) in [5.41, 5.74) is 7.74. The van der Waals surface area contributed by atoms with Crippen molar-refractivity contribution >= 4 is 22.9 Å². The van der Waals surface area contributed by atoms with Crippen LogP contribution >= 0.6 is 0 Å². The van der Waals surface area contributed by atoms with E-state index in [0.29, 0.717) is 5.56 Å². The molecule has 0 unspecified atom stereocenters. The predicted octanol–water partition coefficient (Wildman–Crippen LogP) is 0.875. The number of rotatable bonds is 5. The van der Waals surface area contributed by atoms with Gasteiger partial charge in [-0.1, -0.05) is 0 Å². The second kappa shape index (κ2) is 6.78. The van der Waals surface area contributed by atoms with E-state index in [-0.39, 0.29) is 11.4 Å². The number of allylic oxidation sites excluding steroid dienone is 1. The standard InChI is InChI=1S/C15H16N8O/c16-8-10(15-19-21-22-20-15)9-18-11-3-4-12(14(17)24)13(7-11)23-5-1-2-6-23/h3-4,7,9,18H,1-2,5-6H2,(H2,17,24)(H,19,20,21,22). The van der Waals surface area contributed by atoms with E-state index in [1.54, 1.807) is 12.1 Å². The minimum absolute atomic E-state index is 0.207. The first-order valence-corrected chi connectivity index (χ1v) is 7.48. The number of H-pyrrole nitrogens is 1. The summed E-state index contributed by atoms with van der Waals surface area (Å²) in [7, 11) is 0. The second-order valence-corrected chi connectivity index (χ2v) is 5.34. The van der Waals surface area contributed by atoms with Gasteiger partial charge in [0.25, 0.3) is 5.91 Å². The van der Waals surface area contributed by atoms with Gasteiger partial charge < -0.3 is 16.0 Å². The van der Waals surface area contributed by atoms with Crippen LogP contribution in [0.1, 0.15) is 29.0 Å². The Hall–Kier alpha value is -3.41. The van der Waals surface area contributed by atoms with Crippen LogP contribution in [0.3, 0.4) is 0 Å². The topological polar surface area (TPSA) is 137 Å². The third-order valence-corrected chi connectivity index (χ3v) is 3.80. The largest absolute Gasteiger partial charge is 0.371 e. The first kappa shape index (κ1) is 15.5. The van der Waals surface area contributed by atoms with E-state index in [1.807, 2.05) is 12.1 Å². The van der Waals surface area contributed by atoms with Crippen LogP contribution < -0.4 is 16.0 Å². The van der Waals surface area contributed by atoms with Gasteiger partial charge in [0.2, 0.25) is 5.82 Å². The third-order valence-electron chi connectivity index (χ3n) is 3.80. The van der Waals surface area contributed by atoms with Gasteiger partial charge in [-0.25, -0.2) is 0 Å². The number of nitriles is 1. The Morgan fingerprint density at radius 3 is 2.83 bits per heavy atom. The summed E-state index contributed by atoms with van der Waals surface area (Å²) < 4.78 is 0. The summed E-state index contributed by atoms with van der Waals surface area (Å²) in [4.78, 5) is 13.8. The van der Waals surface area contributed by atoms with Crippen molar-refractivity contribution in [3.05, 3.63) is 35.8 Å². The van der Waals surface area contributed by atoms with Gasteiger partial charge in [-0.15, -0.1) is 10.2 Å². The van der Waals surface area contributed by atoms with Gasteiger partial charge in [0, 0.05) is 25.0 Å². The van der Waals surface area contributed by atoms with Gasteiger partial charge >= 0.3 is 0 Å². The SMILES string of the molecule is N#CC(=CNc1ccc(C(N)=O)c(N2CCCC2)c1)c1nn[nH]n1. The van der Waals surface area contributed by atoms with Gasteiger partial charge in [0.1, 0.15) is 11.6 Å². The molecule has 2 heterocycles. The molecule has 0 spiro atoms. The van der Waals surface area contributed by atoms with Crippen molar-refractivity contribution in [1.82, 2.24) is 20.6 Å². The van der Waals surface area contributed by atoms with E-state index < -0.39 is 5.91 Å². The summed E-state index contributed by atoms with van der Waals surface area (Å²) in [5, 5.41) is 25.5. The van der Waals surface area contributed by atoms with Crippen molar-refractivity contribution in [2.75, 3.05) is 23.3 Å². The Kier molecular flexibility index (Phi) is 4.38. The molecule has 3 rings (SSSR count). The van der Waals surface area contributed by atoms with E-state index in [2.05, 4.69) is 30.8 Å². The highest BCUT2D eigenvalue weighted by Crippen LogP contribution is 2.28.